The molecule has 0 bridgehead atoms. The van der Waals surface area contributed by atoms with Gasteiger partial charge in [-0.2, -0.15) is 0 Å². The molecule has 0 fully saturated rings. The van der Waals surface area contributed by atoms with Crippen molar-refractivity contribution in [3.63, 3.8) is 0 Å². The third-order valence-corrected chi connectivity index (χ3v) is 2.38. The highest BCUT2D eigenvalue weighted by atomic mass is 35.5. The molecule has 0 amide bonds. The fourth-order valence-corrected chi connectivity index (χ4v) is 1.63. The number of rotatable bonds is 3. The van der Waals surface area contributed by atoms with Crippen molar-refractivity contribution in [2.24, 2.45) is 5.73 Å². The highest BCUT2D eigenvalue weighted by Crippen LogP contribution is 2.30. The lowest BCUT2D eigenvalue weighted by Crippen LogP contribution is -2.03. The summed E-state index contributed by atoms with van der Waals surface area (Å²) in [5.74, 6) is 0.634. The zero-order valence-electron chi connectivity index (χ0n) is 7.31. The van der Waals surface area contributed by atoms with Crippen molar-refractivity contribution in [2.75, 3.05) is 13.7 Å². The molecule has 72 valence electrons. The van der Waals surface area contributed by atoms with Crippen molar-refractivity contribution in [1.29, 1.82) is 0 Å². The fourth-order valence-electron chi connectivity index (χ4n) is 1.07. The largest absolute Gasteiger partial charge is 0.495 e. The minimum atomic E-state index is 0.522. The third-order valence-electron chi connectivity index (χ3n) is 1.73. The molecule has 1 aromatic rings. The van der Waals surface area contributed by atoms with Crippen molar-refractivity contribution < 1.29 is 4.74 Å². The Bertz CT molecular complexity index is 302. The maximum Gasteiger partial charge on any atom is 0.137 e. The lowest BCUT2D eigenvalue weighted by atomic mass is 10.1. The van der Waals surface area contributed by atoms with E-state index >= 15 is 0 Å². The second kappa shape index (κ2) is 4.70. The lowest BCUT2D eigenvalue weighted by Gasteiger charge is -2.07. The number of hydrogen-bond donors (Lipinski definition) is 1. The van der Waals surface area contributed by atoms with Gasteiger partial charge in [-0.1, -0.05) is 23.2 Å². The van der Waals surface area contributed by atoms with Gasteiger partial charge in [-0.05, 0) is 30.7 Å². The average molecular weight is 220 g/mol. The van der Waals surface area contributed by atoms with E-state index in [4.69, 9.17) is 33.7 Å². The summed E-state index contributed by atoms with van der Waals surface area (Å²) in [4.78, 5) is 0. The van der Waals surface area contributed by atoms with Gasteiger partial charge < -0.3 is 10.5 Å². The molecule has 1 rings (SSSR count). The van der Waals surface area contributed by atoms with Gasteiger partial charge in [0.25, 0.3) is 0 Å². The second-order valence-corrected chi connectivity index (χ2v) is 3.43. The van der Waals surface area contributed by atoms with Gasteiger partial charge >= 0.3 is 0 Å². The summed E-state index contributed by atoms with van der Waals surface area (Å²) in [5.41, 5.74) is 6.39. The molecule has 0 aromatic heterocycles. The lowest BCUT2D eigenvalue weighted by molar-refractivity contribution is 0.414. The van der Waals surface area contributed by atoms with Crippen molar-refractivity contribution in [2.45, 2.75) is 6.42 Å². The van der Waals surface area contributed by atoms with Crippen molar-refractivity contribution >= 4 is 23.2 Å². The number of hydrogen-bond acceptors (Lipinski definition) is 2. The van der Waals surface area contributed by atoms with E-state index in [0.29, 0.717) is 22.3 Å². The summed E-state index contributed by atoms with van der Waals surface area (Å²) in [6, 6.07) is 3.49. The summed E-state index contributed by atoms with van der Waals surface area (Å²) in [6.45, 7) is 0.560. The average Bonchev–Trinajstić information content (AvgIpc) is 2.10. The molecule has 13 heavy (non-hydrogen) atoms. The first-order valence-electron chi connectivity index (χ1n) is 3.91. The van der Waals surface area contributed by atoms with Crippen LogP contribution in [0.15, 0.2) is 12.1 Å². The maximum absolute atomic E-state index is 5.94. The Morgan fingerprint density at radius 1 is 1.31 bits per heavy atom. The van der Waals surface area contributed by atoms with E-state index < -0.39 is 0 Å². The molecular formula is C9H11Cl2NO. The Kier molecular flexibility index (Phi) is 3.85. The van der Waals surface area contributed by atoms with Crippen molar-refractivity contribution in [3.05, 3.63) is 27.7 Å². The highest BCUT2D eigenvalue weighted by molar-refractivity contribution is 6.36. The Hall–Kier alpha value is -0.440. The smallest absolute Gasteiger partial charge is 0.137 e. The van der Waals surface area contributed by atoms with E-state index in [1.54, 1.807) is 13.2 Å². The van der Waals surface area contributed by atoms with Gasteiger partial charge in [-0.3, -0.25) is 0 Å². The van der Waals surface area contributed by atoms with Crippen molar-refractivity contribution in [1.82, 2.24) is 0 Å². The Morgan fingerprint density at radius 2 is 2.00 bits per heavy atom. The molecule has 0 unspecified atom stereocenters. The van der Waals surface area contributed by atoms with Crippen LogP contribution in [0.5, 0.6) is 5.75 Å². The highest BCUT2D eigenvalue weighted by Gasteiger charge is 2.06. The summed E-state index contributed by atoms with van der Waals surface area (Å²) in [5, 5.41) is 1.16. The van der Waals surface area contributed by atoms with Gasteiger partial charge in [0.15, 0.2) is 0 Å². The molecule has 0 spiro atoms. The summed E-state index contributed by atoms with van der Waals surface area (Å²) < 4.78 is 5.06. The Balaban J connectivity index is 3.06. The topological polar surface area (TPSA) is 35.2 Å². The van der Waals surface area contributed by atoms with E-state index in [0.717, 1.165) is 12.0 Å². The molecule has 0 heterocycles. The Morgan fingerprint density at radius 3 is 2.54 bits per heavy atom. The fraction of sp³-hybridized carbons (Fsp3) is 0.333. The molecule has 1 aromatic carbocycles. The number of nitrogens with two attached hydrogens (primary N) is 1. The quantitative estimate of drug-likeness (QED) is 0.849. The predicted octanol–water partition coefficient (Wildman–Crippen LogP) is 2.50. The maximum atomic E-state index is 5.94. The van der Waals surface area contributed by atoms with E-state index in [9.17, 15) is 0 Å². The van der Waals surface area contributed by atoms with E-state index in [1.165, 1.54) is 0 Å². The Labute approximate surface area is 87.6 Å². The molecule has 2 N–H and O–H groups in total. The molecule has 0 saturated heterocycles. The summed E-state index contributed by atoms with van der Waals surface area (Å²) in [6.07, 6.45) is 0.729. The van der Waals surface area contributed by atoms with Gasteiger partial charge in [-0.15, -0.1) is 0 Å². The summed E-state index contributed by atoms with van der Waals surface area (Å²) in [7, 11) is 1.57. The third kappa shape index (κ3) is 2.50. The predicted molar refractivity (Wildman–Crippen MR) is 55.8 cm³/mol. The van der Waals surface area contributed by atoms with Crippen LogP contribution in [0.1, 0.15) is 5.56 Å². The summed E-state index contributed by atoms with van der Waals surface area (Å²) >= 11 is 11.8. The minimum Gasteiger partial charge on any atom is -0.495 e. The number of benzene rings is 1. The normalized spacial score (nSPS) is 10.2. The molecule has 2 nitrogen and oxygen atoms in total. The number of methoxy groups -OCH3 is 1. The van der Waals surface area contributed by atoms with Gasteiger partial charge in [0.1, 0.15) is 5.75 Å². The molecule has 0 aliphatic heterocycles. The number of ether oxygens (including phenoxy) is 1. The zero-order valence-corrected chi connectivity index (χ0v) is 8.82. The van der Waals surface area contributed by atoms with Gasteiger partial charge in [0.05, 0.1) is 12.1 Å². The molecular weight excluding hydrogens is 209 g/mol. The van der Waals surface area contributed by atoms with Crippen LogP contribution < -0.4 is 10.5 Å². The van der Waals surface area contributed by atoms with Gasteiger partial charge in [0.2, 0.25) is 0 Å². The van der Waals surface area contributed by atoms with Crippen LogP contribution in [0.2, 0.25) is 10.0 Å². The second-order valence-electron chi connectivity index (χ2n) is 2.62. The van der Waals surface area contributed by atoms with Crippen molar-refractivity contribution in [3.8, 4) is 5.75 Å². The van der Waals surface area contributed by atoms with Crippen LogP contribution >= 0.6 is 23.2 Å². The minimum absolute atomic E-state index is 0.522. The molecule has 0 radical (unpaired) electrons. The van der Waals surface area contributed by atoms with Gasteiger partial charge in [-0.25, -0.2) is 0 Å². The first kappa shape index (κ1) is 10.6. The molecule has 0 saturated carbocycles. The van der Waals surface area contributed by atoms with Crippen LogP contribution in [-0.4, -0.2) is 13.7 Å². The van der Waals surface area contributed by atoms with E-state index in [-0.39, 0.29) is 0 Å². The van der Waals surface area contributed by atoms with Crippen LogP contribution in [0.4, 0.5) is 0 Å². The van der Waals surface area contributed by atoms with Gasteiger partial charge in [0, 0.05) is 5.02 Å². The SMILES string of the molecule is COc1cc(CCN)c(Cl)cc1Cl. The standard InChI is InChI=1S/C9H11Cl2NO/c1-13-9-4-6(2-3-12)7(10)5-8(9)11/h4-5H,2-3,12H2,1H3. The van der Waals surface area contributed by atoms with Crippen LogP contribution in [-0.2, 0) is 6.42 Å². The molecule has 4 heteroatoms. The first-order chi connectivity index (χ1) is 6.19. The zero-order chi connectivity index (χ0) is 9.84. The van der Waals surface area contributed by atoms with E-state index in [2.05, 4.69) is 0 Å². The van der Waals surface area contributed by atoms with Crippen LogP contribution in [0.25, 0.3) is 0 Å². The van der Waals surface area contributed by atoms with Crippen LogP contribution in [0, 0.1) is 0 Å². The monoisotopic (exact) mass is 219 g/mol. The molecule has 0 aliphatic carbocycles. The first-order valence-corrected chi connectivity index (χ1v) is 4.66. The van der Waals surface area contributed by atoms with Crippen LogP contribution in [0.3, 0.4) is 0 Å². The molecule has 0 atom stereocenters. The van der Waals surface area contributed by atoms with E-state index in [1.807, 2.05) is 6.07 Å². The number of halogens is 2. The molecule has 0 aliphatic rings.